The van der Waals surface area contributed by atoms with Gasteiger partial charge in [0, 0.05) is 5.92 Å². The van der Waals surface area contributed by atoms with Crippen LogP contribution in [0.1, 0.15) is 46.1 Å². The smallest absolute Gasteiger partial charge is 0.158 e. The van der Waals surface area contributed by atoms with Gasteiger partial charge >= 0.3 is 0 Å². The van der Waals surface area contributed by atoms with Gasteiger partial charge in [-0.2, -0.15) is 5.26 Å². The van der Waals surface area contributed by atoms with Crippen LogP contribution >= 0.6 is 0 Å². The Morgan fingerprint density at radius 2 is 1.76 bits per heavy atom. The zero-order valence-corrected chi connectivity index (χ0v) is 13.4. The van der Waals surface area contributed by atoms with E-state index >= 15 is 0 Å². The van der Waals surface area contributed by atoms with E-state index in [0.29, 0.717) is 6.61 Å². The fraction of sp³-hybridized carbons (Fsp3) is 0.556. The molecular formula is C18H23NO2. The van der Waals surface area contributed by atoms with Crippen molar-refractivity contribution in [1.29, 1.82) is 5.26 Å². The lowest BCUT2D eigenvalue weighted by molar-refractivity contribution is -0.121. The van der Waals surface area contributed by atoms with Crippen LogP contribution < -0.4 is 4.74 Å². The van der Waals surface area contributed by atoms with Gasteiger partial charge in [-0.05, 0) is 35.4 Å². The molecule has 1 aliphatic rings. The van der Waals surface area contributed by atoms with Crippen LogP contribution in [0.2, 0.25) is 0 Å². The molecular weight excluding hydrogens is 262 g/mol. The largest absolute Gasteiger partial charge is 0.494 e. The molecule has 0 bridgehead atoms. The zero-order valence-electron chi connectivity index (χ0n) is 13.4. The van der Waals surface area contributed by atoms with Crippen molar-refractivity contribution in [2.75, 3.05) is 6.61 Å². The maximum Gasteiger partial charge on any atom is 0.158 e. The summed E-state index contributed by atoms with van der Waals surface area (Å²) in [5.41, 5.74) is 0.680. The van der Waals surface area contributed by atoms with E-state index in [1.54, 1.807) is 0 Å². The van der Waals surface area contributed by atoms with Gasteiger partial charge in [-0.3, -0.25) is 4.79 Å². The molecule has 2 rings (SSSR count). The predicted molar refractivity (Wildman–Crippen MR) is 82.0 cm³/mol. The molecule has 112 valence electrons. The van der Waals surface area contributed by atoms with E-state index in [9.17, 15) is 10.1 Å². The van der Waals surface area contributed by atoms with Crippen LogP contribution in [0.25, 0.3) is 0 Å². The molecule has 1 fully saturated rings. The molecule has 0 spiro atoms. The first-order chi connectivity index (χ1) is 9.77. The Labute approximate surface area is 126 Å². The topological polar surface area (TPSA) is 50.1 Å². The number of carbonyl (C=O) groups excluding carboxylic acids is 1. The van der Waals surface area contributed by atoms with Crippen LogP contribution in [0.15, 0.2) is 24.3 Å². The number of benzene rings is 1. The minimum atomic E-state index is -0.688. The van der Waals surface area contributed by atoms with Crippen LogP contribution in [0.3, 0.4) is 0 Å². The van der Waals surface area contributed by atoms with E-state index in [1.807, 2.05) is 31.2 Å². The molecule has 0 radical (unpaired) electrons. The number of Topliss-reactive ketones (excluding diaryl/α,β-unsaturated/α-hetero) is 1. The fourth-order valence-corrected chi connectivity index (χ4v) is 3.30. The molecule has 1 aromatic carbocycles. The van der Waals surface area contributed by atoms with Gasteiger partial charge in [0.2, 0.25) is 0 Å². The molecule has 3 heteroatoms. The molecule has 1 aliphatic carbocycles. The summed E-state index contributed by atoms with van der Waals surface area (Å²) in [4.78, 5) is 12.7. The summed E-state index contributed by atoms with van der Waals surface area (Å²) in [6, 6.07) is 9.45. The van der Waals surface area contributed by atoms with E-state index in [2.05, 4.69) is 33.8 Å². The third-order valence-corrected chi connectivity index (χ3v) is 5.24. The van der Waals surface area contributed by atoms with Crippen molar-refractivity contribution in [3.05, 3.63) is 29.8 Å². The van der Waals surface area contributed by atoms with Crippen molar-refractivity contribution in [2.24, 2.45) is 16.7 Å². The van der Waals surface area contributed by atoms with Gasteiger partial charge in [-0.25, -0.2) is 0 Å². The number of nitrogens with zero attached hydrogens (tertiary/aromatic N) is 1. The number of rotatable bonds is 5. The fourth-order valence-electron chi connectivity index (χ4n) is 3.30. The monoisotopic (exact) mass is 285 g/mol. The maximum absolute atomic E-state index is 12.7. The highest BCUT2D eigenvalue weighted by atomic mass is 16.5. The first-order valence-corrected chi connectivity index (χ1v) is 7.43. The number of hydrogen-bond acceptors (Lipinski definition) is 3. The Kier molecular flexibility index (Phi) is 3.84. The third-order valence-electron chi connectivity index (χ3n) is 5.24. The summed E-state index contributed by atoms with van der Waals surface area (Å²) < 4.78 is 5.39. The van der Waals surface area contributed by atoms with Crippen LogP contribution in [0.5, 0.6) is 5.75 Å². The number of nitriles is 1. The summed E-state index contributed by atoms with van der Waals surface area (Å²) in [6.45, 7) is 10.9. The van der Waals surface area contributed by atoms with E-state index in [-0.39, 0.29) is 22.5 Å². The normalized spacial score (nSPS) is 20.4. The van der Waals surface area contributed by atoms with Crippen molar-refractivity contribution in [2.45, 2.75) is 40.5 Å². The standard InChI is InChI=1S/C18H23NO2/c1-6-21-13-9-7-12(8-10-13)14(11-19)15(20)16-17(2,3)18(16,4)5/h7-10,14,16H,6H2,1-5H3. The summed E-state index contributed by atoms with van der Waals surface area (Å²) >= 11 is 0. The molecule has 21 heavy (non-hydrogen) atoms. The van der Waals surface area contributed by atoms with E-state index in [4.69, 9.17) is 4.74 Å². The Hall–Kier alpha value is -1.82. The second-order valence-corrected chi connectivity index (χ2v) is 6.84. The van der Waals surface area contributed by atoms with Crippen molar-refractivity contribution in [1.82, 2.24) is 0 Å². The molecule has 0 amide bonds. The Balaban J connectivity index is 2.21. The van der Waals surface area contributed by atoms with Crippen molar-refractivity contribution < 1.29 is 9.53 Å². The first kappa shape index (κ1) is 15.6. The van der Waals surface area contributed by atoms with Gasteiger partial charge in [0.15, 0.2) is 5.78 Å². The highest BCUT2D eigenvalue weighted by Crippen LogP contribution is 2.69. The van der Waals surface area contributed by atoms with Gasteiger partial charge < -0.3 is 4.74 Å². The number of hydrogen-bond donors (Lipinski definition) is 0. The highest BCUT2D eigenvalue weighted by Gasteiger charge is 2.68. The van der Waals surface area contributed by atoms with Gasteiger partial charge in [0.05, 0.1) is 12.7 Å². The molecule has 1 saturated carbocycles. The zero-order chi connectivity index (χ0) is 15.8. The Morgan fingerprint density at radius 3 is 2.14 bits per heavy atom. The van der Waals surface area contributed by atoms with E-state index in [1.165, 1.54) is 0 Å². The lowest BCUT2D eigenvalue weighted by atomic mass is 9.90. The Morgan fingerprint density at radius 1 is 1.24 bits per heavy atom. The quantitative estimate of drug-likeness (QED) is 0.823. The Bertz CT molecular complexity index is 564. The lowest BCUT2D eigenvalue weighted by Crippen LogP contribution is -2.16. The molecule has 0 saturated heterocycles. The molecule has 0 N–H and O–H groups in total. The average Bonchev–Trinajstić information content (AvgIpc) is 2.82. The molecule has 0 aliphatic heterocycles. The molecule has 1 unspecified atom stereocenters. The molecule has 3 nitrogen and oxygen atoms in total. The third kappa shape index (κ3) is 2.44. The average molecular weight is 285 g/mol. The SMILES string of the molecule is CCOc1ccc(C(C#N)C(=O)C2C(C)(C)C2(C)C)cc1. The van der Waals surface area contributed by atoms with Crippen molar-refractivity contribution >= 4 is 5.78 Å². The minimum absolute atomic E-state index is 0.0373. The van der Waals surface area contributed by atoms with E-state index < -0.39 is 5.92 Å². The first-order valence-electron chi connectivity index (χ1n) is 7.43. The van der Waals surface area contributed by atoms with Gasteiger partial charge in [0.25, 0.3) is 0 Å². The molecule has 0 heterocycles. The molecule has 1 aromatic rings. The van der Waals surface area contributed by atoms with Gasteiger partial charge in [-0.15, -0.1) is 0 Å². The summed E-state index contributed by atoms with van der Waals surface area (Å²) in [6.07, 6.45) is 0. The number of carbonyl (C=O) groups is 1. The molecule has 0 aromatic heterocycles. The maximum atomic E-state index is 12.7. The summed E-state index contributed by atoms with van der Waals surface area (Å²) in [7, 11) is 0. The van der Waals surface area contributed by atoms with Crippen LogP contribution in [-0.2, 0) is 4.79 Å². The van der Waals surface area contributed by atoms with Crippen molar-refractivity contribution in [3.63, 3.8) is 0 Å². The summed E-state index contributed by atoms with van der Waals surface area (Å²) in [5.74, 6) is 0.0575. The summed E-state index contributed by atoms with van der Waals surface area (Å²) in [5, 5.41) is 9.44. The lowest BCUT2D eigenvalue weighted by Gasteiger charge is -2.11. The van der Waals surface area contributed by atoms with Crippen LogP contribution in [-0.4, -0.2) is 12.4 Å². The second kappa shape index (κ2) is 5.18. The number of ketones is 1. The van der Waals surface area contributed by atoms with Crippen LogP contribution in [0, 0.1) is 28.1 Å². The predicted octanol–water partition coefficient (Wildman–Crippen LogP) is 3.94. The van der Waals surface area contributed by atoms with Crippen LogP contribution in [0.4, 0.5) is 0 Å². The minimum Gasteiger partial charge on any atom is -0.494 e. The van der Waals surface area contributed by atoms with E-state index in [0.717, 1.165) is 11.3 Å². The van der Waals surface area contributed by atoms with Gasteiger partial charge in [-0.1, -0.05) is 39.8 Å². The highest BCUT2D eigenvalue weighted by molar-refractivity contribution is 5.94. The second-order valence-electron chi connectivity index (χ2n) is 6.84. The molecule has 1 atom stereocenters. The van der Waals surface area contributed by atoms with Gasteiger partial charge in [0.1, 0.15) is 11.7 Å². The van der Waals surface area contributed by atoms with Crippen molar-refractivity contribution in [3.8, 4) is 11.8 Å². The number of ether oxygens (including phenoxy) is 1.